The van der Waals surface area contributed by atoms with Crippen molar-refractivity contribution in [3.63, 3.8) is 0 Å². The van der Waals surface area contributed by atoms with Gasteiger partial charge < -0.3 is 10.6 Å². The van der Waals surface area contributed by atoms with Crippen LogP contribution < -0.4 is 10.6 Å². The van der Waals surface area contributed by atoms with Crippen LogP contribution in [0.1, 0.15) is 6.42 Å². The summed E-state index contributed by atoms with van der Waals surface area (Å²) in [6, 6.07) is 4.16. The zero-order valence-corrected chi connectivity index (χ0v) is 11.0. The maximum Gasteiger partial charge on any atom is 0.0682 e. The zero-order valence-electron chi connectivity index (χ0n) is 9.46. The molecule has 0 bridgehead atoms. The van der Waals surface area contributed by atoms with Gasteiger partial charge in [0.25, 0.3) is 0 Å². The Kier molecular flexibility index (Phi) is 3.03. The molecule has 3 rings (SSSR count). The molecule has 0 saturated carbocycles. The molecule has 0 amide bonds. The lowest BCUT2D eigenvalue weighted by Gasteiger charge is -2.12. The van der Waals surface area contributed by atoms with Gasteiger partial charge in [-0.3, -0.25) is 5.10 Å². The van der Waals surface area contributed by atoms with E-state index in [4.69, 9.17) is 0 Å². The number of hydrogen-bond donors (Lipinski definition) is 3. The first-order valence-corrected chi connectivity index (χ1v) is 6.69. The molecule has 0 aliphatic carbocycles. The summed E-state index contributed by atoms with van der Waals surface area (Å²) in [5.74, 6) is 0.732. The van der Waals surface area contributed by atoms with Crippen LogP contribution in [0.25, 0.3) is 10.9 Å². The van der Waals surface area contributed by atoms with Crippen molar-refractivity contribution in [2.45, 2.75) is 6.42 Å². The van der Waals surface area contributed by atoms with Crippen molar-refractivity contribution in [2.75, 3.05) is 25.0 Å². The Morgan fingerprint density at radius 2 is 2.41 bits per heavy atom. The monoisotopic (exact) mass is 294 g/mol. The summed E-state index contributed by atoms with van der Waals surface area (Å²) in [4.78, 5) is 0. The van der Waals surface area contributed by atoms with Crippen LogP contribution in [0, 0.1) is 5.92 Å². The van der Waals surface area contributed by atoms with Crippen molar-refractivity contribution < 1.29 is 0 Å². The van der Waals surface area contributed by atoms with Crippen molar-refractivity contribution in [2.24, 2.45) is 5.92 Å². The van der Waals surface area contributed by atoms with E-state index in [1.807, 2.05) is 12.3 Å². The molecule has 1 unspecified atom stereocenters. The molecule has 1 atom stereocenters. The molecule has 3 N–H and O–H groups in total. The Balaban J connectivity index is 1.81. The summed E-state index contributed by atoms with van der Waals surface area (Å²) in [6.45, 7) is 3.28. The van der Waals surface area contributed by atoms with Gasteiger partial charge in [-0.05, 0) is 37.6 Å². The summed E-state index contributed by atoms with van der Waals surface area (Å²) < 4.78 is 1.07. The van der Waals surface area contributed by atoms with Gasteiger partial charge in [-0.1, -0.05) is 15.9 Å². The van der Waals surface area contributed by atoms with E-state index in [1.54, 1.807) is 0 Å². The predicted octanol–water partition coefficient (Wildman–Crippen LogP) is 2.35. The number of nitrogens with one attached hydrogen (secondary N) is 3. The molecular weight excluding hydrogens is 280 g/mol. The Morgan fingerprint density at radius 3 is 3.24 bits per heavy atom. The van der Waals surface area contributed by atoms with E-state index in [-0.39, 0.29) is 0 Å². The van der Waals surface area contributed by atoms with Gasteiger partial charge in [-0.25, -0.2) is 0 Å². The third-order valence-electron chi connectivity index (χ3n) is 3.27. The van der Waals surface area contributed by atoms with Crippen molar-refractivity contribution in [3.05, 3.63) is 22.8 Å². The van der Waals surface area contributed by atoms with Crippen LogP contribution in [0.3, 0.4) is 0 Å². The normalized spacial score (nSPS) is 19.9. The molecule has 2 aromatic rings. The summed E-state index contributed by atoms with van der Waals surface area (Å²) in [5.41, 5.74) is 2.21. The molecule has 1 saturated heterocycles. The highest BCUT2D eigenvalue weighted by Gasteiger charge is 2.14. The molecule has 5 heteroatoms. The number of aromatic amines is 1. The van der Waals surface area contributed by atoms with Crippen LogP contribution >= 0.6 is 15.9 Å². The molecule has 90 valence electrons. The minimum atomic E-state index is 0.732. The molecule has 0 radical (unpaired) electrons. The number of halogens is 1. The summed E-state index contributed by atoms with van der Waals surface area (Å²) in [5, 5.41) is 15.1. The second kappa shape index (κ2) is 4.66. The summed E-state index contributed by atoms with van der Waals surface area (Å²) in [6.07, 6.45) is 3.13. The molecule has 1 fully saturated rings. The van der Waals surface area contributed by atoms with Gasteiger partial charge in [0.1, 0.15) is 0 Å². The van der Waals surface area contributed by atoms with E-state index in [2.05, 4.69) is 42.8 Å². The lowest BCUT2D eigenvalue weighted by Crippen LogP contribution is -2.17. The SMILES string of the molecule is Brc1cc(NCC2CCNC2)c2cn[nH]c2c1. The highest BCUT2D eigenvalue weighted by molar-refractivity contribution is 9.10. The number of rotatable bonds is 3. The second-order valence-electron chi connectivity index (χ2n) is 4.52. The first-order chi connectivity index (χ1) is 8.33. The Labute approximate surface area is 108 Å². The highest BCUT2D eigenvalue weighted by atomic mass is 79.9. The van der Waals surface area contributed by atoms with Gasteiger partial charge in [0.05, 0.1) is 11.7 Å². The quantitative estimate of drug-likeness (QED) is 0.814. The number of anilines is 1. The van der Waals surface area contributed by atoms with Gasteiger partial charge in [-0.2, -0.15) is 5.10 Å². The maximum atomic E-state index is 4.08. The Hall–Kier alpha value is -1.07. The van der Waals surface area contributed by atoms with E-state index in [9.17, 15) is 0 Å². The molecule has 0 spiro atoms. The Bertz CT molecular complexity index is 516. The van der Waals surface area contributed by atoms with E-state index in [0.29, 0.717) is 0 Å². The third-order valence-corrected chi connectivity index (χ3v) is 3.72. The van der Waals surface area contributed by atoms with Crippen LogP contribution in [-0.2, 0) is 0 Å². The number of fused-ring (bicyclic) bond motifs is 1. The fraction of sp³-hybridized carbons (Fsp3) is 0.417. The van der Waals surface area contributed by atoms with E-state index in [1.165, 1.54) is 6.42 Å². The van der Waals surface area contributed by atoms with Crippen LogP contribution in [0.5, 0.6) is 0 Å². The van der Waals surface area contributed by atoms with Gasteiger partial charge in [0, 0.05) is 22.1 Å². The van der Waals surface area contributed by atoms with Gasteiger partial charge in [0.15, 0.2) is 0 Å². The van der Waals surface area contributed by atoms with Crippen LogP contribution in [0.2, 0.25) is 0 Å². The van der Waals surface area contributed by atoms with Crippen molar-refractivity contribution >= 4 is 32.5 Å². The van der Waals surface area contributed by atoms with Gasteiger partial charge >= 0.3 is 0 Å². The van der Waals surface area contributed by atoms with Gasteiger partial charge in [-0.15, -0.1) is 0 Å². The number of hydrogen-bond acceptors (Lipinski definition) is 3. The topological polar surface area (TPSA) is 52.7 Å². The number of benzene rings is 1. The first kappa shape index (κ1) is 11.0. The smallest absolute Gasteiger partial charge is 0.0682 e. The molecule has 2 heterocycles. The van der Waals surface area contributed by atoms with E-state index in [0.717, 1.165) is 46.6 Å². The average Bonchev–Trinajstić information content (AvgIpc) is 2.95. The Morgan fingerprint density at radius 1 is 1.47 bits per heavy atom. The number of nitrogens with zero attached hydrogens (tertiary/aromatic N) is 1. The highest BCUT2D eigenvalue weighted by Crippen LogP contribution is 2.27. The lowest BCUT2D eigenvalue weighted by molar-refractivity contribution is 0.616. The first-order valence-electron chi connectivity index (χ1n) is 5.90. The third kappa shape index (κ3) is 2.30. The average molecular weight is 295 g/mol. The maximum absolute atomic E-state index is 4.08. The molecular formula is C12H15BrN4. The fourth-order valence-electron chi connectivity index (χ4n) is 2.31. The van der Waals surface area contributed by atoms with E-state index >= 15 is 0 Å². The minimum absolute atomic E-state index is 0.732. The fourth-order valence-corrected chi connectivity index (χ4v) is 2.76. The minimum Gasteiger partial charge on any atom is -0.384 e. The van der Waals surface area contributed by atoms with Crippen LogP contribution in [-0.4, -0.2) is 29.8 Å². The standard InChI is InChI=1S/C12H15BrN4/c13-9-3-11(10-7-16-17-12(10)4-9)15-6-8-1-2-14-5-8/h3-4,7-8,14-15H,1-2,5-6H2,(H,16,17). The largest absolute Gasteiger partial charge is 0.384 e. The predicted molar refractivity (Wildman–Crippen MR) is 73.3 cm³/mol. The molecule has 1 aliphatic rings. The lowest BCUT2D eigenvalue weighted by atomic mass is 10.1. The van der Waals surface area contributed by atoms with Gasteiger partial charge in [0.2, 0.25) is 0 Å². The molecule has 1 aromatic heterocycles. The number of aromatic nitrogens is 2. The zero-order chi connectivity index (χ0) is 11.7. The molecule has 1 aliphatic heterocycles. The second-order valence-corrected chi connectivity index (χ2v) is 5.44. The van der Waals surface area contributed by atoms with Crippen molar-refractivity contribution in [1.29, 1.82) is 0 Å². The van der Waals surface area contributed by atoms with E-state index < -0.39 is 0 Å². The molecule has 17 heavy (non-hydrogen) atoms. The van der Waals surface area contributed by atoms with Crippen LogP contribution in [0.4, 0.5) is 5.69 Å². The van der Waals surface area contributed by atoms with Crippen molar-refractivity contribution in [1.82, 2.24) is 15.5 Å². The summed E-state index contributed by atoms with van der Waals surface area (Å²) >= 11 is 3.52. The van der Waals surface area contributed by atoms with Crippen molar-refractivity contribution in [3.8, 4) is 0 Å². The summed E-state index contributed by atoms with van der Waals surface area (Å²) in [7, 11) is 0. The molecule has 4 nitrogen and oxygen atoms in total. The number of H-pyrrole nitrogens is 1. The molecule has 1 aromatic carbocycles. The van der Waals surface area contributed by atoms with Crippen LogP contribution in [0.15, 0.2) is 22.8 Å².